The van der Waals surface area contributed by atoms with Gasteiger partial charge in [0, 0.05) is 15.7 Å². The summed E-state index contributed by atoms with van der Waals surface area (Å²) in [6, 6.07) is 13.0. The zero-order valence-corrected chi connectivity index (χ0v) is 13.2. The van der Waals surface area contributed by atoms with Crippen molar-refractivity contribution in [2.75, 3.05) is 5.32 Å². The third-order valence-corrected chi connectivity index (χ3v) is 3.28. The van der Waals surface area contributed by atoms with Gasteiger partial charge in [-0.25, -0.2) is 4.79 Å². The quantitative estimate of drug-likeness (QED) is 0.851. The first-order valence-corrected chi connectivity index (χ1v) is 7.24. The van der Waals surface area contributed by atoms with Crippen molar-refractivity contribution in [2.24, 2.45) is 0 Å². The SMILES string of the molecule is C[C@@H](OC(=O)c1cccc(Cl)c1)C(=O)Nc1cccc(Cl)c1. The lowest BCUT2D eigenvalue weighted by molar-refractivity contribution is -0.123. The molecule has 22 heavy (non-hydrogen) atoms. The highest BCUT2D eigenvalue weighted by molar-refractivity contribution is 6.31. The lowest BCUT2D eigenvalue weighted by Crippen LogP contribution is -2.30. The lowest BCUT2D eigenvalue weighted by Gasteiger charge is -2.13. The summed E-state index contributed by atoms with van der Waals surface area (Å²) in [5.74, 6) is -1.06. The molecule has 2 rings (SSSR count). The molecule has 1 atom stereocenters. The molecule has 6 heteroatoms. The molecule has 0 aliphatic heterocycles. The fourth-order valence-electron chi connectivity index (χ4n) is 1.71. The summed E-state index contributed by atoms with van der Waals surface area (Å²) in [5.41, 5.74) is 0.818. The average molecular weight is 338 g/mol. The van der Waals surface area contributed by atoms with Crippen LogP contribution in [0.4, 0.5) is 5.69 Å². The molecule has 0 aromatic heterocycles. The topological polar surface area (TPSA) is 55.4 Å². The Labute approximate surface area is 138 Å². The van der Waals surface area contributed by atoms with Crippen molar-refractivity contribution in [3.8, 4) is 0 Å². The molecule has 0 heterocycles. The summed E-state index contributed by atoms with van der Waals surface area (Å²) in [6.07, 6.45) is -0.953. The maximum absolute atomic E-state index is 12.0. The van der Waals surface area contributed by atoms with Crippen molar-refractivity contribution in [2.45, 2.75) is 13.0 Å². The Hall–Kier alpha value is -2.04. The predicted molar refractivity (Wildman–Crippen MR) is 86.4 cm³/mol. The number of ether oxygens (including phenoxy) is 1. The highest BCUT2D eigenvalue weighted by Crippen LogP contribution is 2.16. The van der Waals surface area contributed by atoms with Crippen molar-refractivity contribution in [3.05, 3.63) is 64.1 Å². The van der Waals surface area contributed by atoms with Crippen molar-refractivity contribution in [1.82, 2.24) is 0 Å². The minimum Gasteiger partial charge on any atom is -0.449 e. The van der Waals surface area contributed by atoms with Gasteiger partial charge in [-0.3, -0.25) is 4.79 Å². The number of rotatable bonds is 4. The highest BCUT2D eigenvalue weighted by atomic mass is 35.5. The molecule has 0 unspecified atom stereocenters. The fourth-order valence-corrected chi connectivity index (χ4v) is 2.09. The molecule has 2 aromatic rings. The minimum absolute atomic E-state index is 0.287. The van der Waals surface area contributed by atoms with E-state index in [4.69, 9.17) is 27.9 Å². The Morgan fingerprint density at radius 3 is 2.32 bits per heavy atom. The van der Waals surface area contributed by atoms with Crippen LogP contribution in [-0.4, -0.2) is 18.0 Å². The van der Waals surface area contributed by atoms with Gasteiger partial charge in [0.1, 0.15) is 0 Å². The normalized spacial score (nSPS) is 11.6. The first-order chi connectivity index (χ1) is 10.5. The second kappa shape index (κ2) is 7.29. The van der Waals surface area contributed by atoms with Gasteiger partial charge in [0.25, 0.3) is 5.91 Å². The molecule has 0 radical (unpaired) electrons. The van der Waals surface area contributed by atoms with Crippen molar-refractivity contribution in [1.29, 1.82) is 0 Å². The van der Waals surface area contributed by atoms with Crippen molar-refractivity contribution >= 4 is 40.8 Å². The Morgan fingerprint density at radius 1 is 1.05 bits per heavy atom. The van der Waals surface area contributed by atoms with E-state index in [-0.39, 0.29) is 5.56 Å². The second-order valence-corrected chi connectivity index (χ2v) is 5.43. The molecular formula is C16H13Cl2NO3. The number of benzene rings is 2. The van der Waals surface area contributed by atoms with Gasteiger partial charge in [0.15, 0.2) is 6.10 Å². The Balaban J connectivity index is 1.98. The number of nitrogens with one attached hydrogen (secondary N) is 1. The monoisotopic (exact) mass is 337 g/mol. The van der Waals surface area contributed by atoms with Gasteiger partial charge < -0.3 is 10.1 Å². The summed E-state index contributed by atoms with van der Waals surface area (Å²) in [6.45, 7) is 1.49. The molecule has 114 valence electrons. The zero-order valence-electron chi connectivity index (χ0n) is 11.7. The number of halogens is 2. The number of carbonyl (C=O) groups excluding carboxylic acids is 2. The third-order valence-electron chi connectivity index (χ3n) is 2.81. The Bertz CT molecular complexity index is 703. The van der Waals surface area contributed by atoms with E-state index in [1.54, 1.807) is 42.5 Å². The van der Waals surface area contributed by atoms with Gasteiger partial charge in [-0.2, -0.15) is 0 Å². The number of amides is 1. The van der Waals surface area contributed by atoms with Crippen molar-refractivity contribution < 1.29 is 14.3 Å². The fraction of sp³-hybridized carbons (Fsp3) is 0.125. The van der Waals surface area contributed by atoms with Crippen LogP contribution in [0.15, 0.2) is 48.5 Å². The number of esters is 1. The van der Waals surface area contributed by atoms with Gasteiger partial charge in [0.2, 0.25) is 0 Å². The van der Waals surface area contributed by atoms with Crippen LogP contribution in [0, 0.1) is 0 Å². The second-order valence-electron chi connectivity index (χ2n) is 4.56. The number of anilines is 1. The maximum atomic E-state index is 12.0. The molecule has 0 saturated carbocycles. The molecular weight excluding hydrogens is 325 g/mol. The van der Waals surface area contributed by atoms with Crippen LogP contribution < -0.4 is 5.32 Å². The standard InChI is InChI=1S/C16H13Cl2NO3/c1-10(15(20)19-14-7-3-6-13(18)9-14)22-16(21)11-4-2-5-12(17)8-11/h2-10H,1H3,(H,19,20)/t10-/m1/s1. The van der Waals surface area contributed by atoms with E-state index in [2.05, 4.69) is 5.32 Å². The van der Waals surface area contributed by atoms with E-state index in [0.717, 1.165) is 0 Å². The Morgan fingerprint density at radius 2 is 1.68 bits per heavy atom. The van der Waals surface area contributed by atoms with Crippen LogP contribution in [0.1, 0.15) is 17.3 Å². The summed E-state index contributed by atoms with van der Waals surface area (Å²) in [5, 5.41) is 3.55. The minimum atomic E-state index is -0.953. The molecule has 0 fully saturated rings. The summed E-state index contributed by atoms with van der Waals surface area (Å²) in [7, 11) is 0. The first kappa shape index (κ1) is 16.3. The molecule has 0 spiro atoms. The first-order valence-electron chi connectivity index (χ1n) is 6.48. The Kier molecular flexibility index (Phi) is 5.41. The van der Waals surface area contributed by atoms with E-state index >= 15 is 0 Å². The van der Waals surface area contributed by atoms with Gasteiger partial charge in [-0.15, -0.1) is 0 Å². The van der Waals surface area contributed by atoms with Crippen LogP contribution in [-0.2, 0) is 9.53 Å². The van der Waals surface area contributed by atoms with Gasteiger partial charge in [0.05, 0.1) is 5.56 Å². The largest absolute Gasteiger partial charge is 0.449 e. The molecule has 0 bridgehead atoms. The van der Waals surface area contributed by atoms with Crippen LogP contribution in [0.2, 0.25) is 10.0 Å². The number of carbonyl (C=O) groups is 2. The van der Waals surface area contributed by atoms with Crippen LogP contribution >= 0.6 is 23.2 Å². The summed E-state index contributed by atoms with van der Waals surface area (Å²) in [4.78, 5) is 23.9. The smallest absolute Gasteiger partial charge is 0.338 e. The highest BCUT2D eigenvalue weighted by Gasteiger charge is 2.19. The molecule has 0 saturated heterocycles. The van der Waals surface area contributed by atoms with Crippen molar-refractivity contribution in [3.63, 3.8) is 0 Å². The molecule has 4 nitrogen and oxygen atoms in total. The molecule has 0 aliphatic carbocycles. The van der Waals surface area contributed by atoms with Crippen LogP contribution in [0.3, 0.4) is 0 Å². The zero-order chi connectivity index (χ0) is 16.1. The van der Waals surface area contributed by atoms with Gasteiger partial charge in [-0.1, -0.05) is 35.3 Å². The summed E-state index contributed by atoms with van der Waals surface area (Å²) >= 11 is 11.6. The maximum Gasteiger partial charge on any atom is 0.338 e. The van der Waals surface area contributed by atoms with E-state index in [1.807, 2.05) is 0 Å². The van der Waals surface area contributed by atoms with Crippen LogP contribution in [0.5, 0.6) is 0 Å². The summed E-state index contributed by atoms with van der Waals surface area (Å²) < 4.78 is 5.11. The molecule has 2 aromatic carbocycles. The van der Waals surface area contributed by atoms with E-state index in [0.29, 0.717) is 15.7 Å². The van der Waals surface area contributed by atoms with E-state index < -0.39 is 18.0 Å². The average Bonchev–Trinajstić information content (AvgIpc) is 2.47. The van der Waals surface area contributed by atoms with Gasteiger partial charge in [-0.05, 0) is 43.3 Å². The van der Waals surface area contributed by atoms with E-state index in [1.165, 1.54) is 13.0 Å². The lowest BCUT2D eigenvalue weighted by atomic mass is 10.2. The van der Waals surface area contributed by atoms with Gasteiger partial charge >= 0.3 is 5.97 Å². The predicted octanol–water partition coefficient (Wildman–Crippen LogP) is 4.18. The number of hydrogen-bond donors (Lipinski definition) is 1. The third kappa shape index (κ3) is 4.48. The van der Waals surface area contributed by atoms with E-state index in [9.17, 15) is 9.59 Å². The van der Waals surface area contributed by atoms with Crippen LogP contribution in [0.25, 0.3) is 0 Å². The number of hydrogen-bond acceptors (Lipinski definition) is 3. The molecule has 0 aliphatic rings. The molecule has 1 amide bonds. The molecule has 1 N–H and O–H groups in total.